The molecule has 3 rings (SSSR count). The van der Waals surface area contributed by atoms with Crippen LogP contribution in [0.15, 0.2) is 48.5 Å². The molecule has 31 heavy (non-hydrogen) atoms. The molecule has 0 aliphatic carbocycles. The molecule has 1 fully saturated rings. The number of hydrogen-bond acceptors (Lipinski definition) is 4. The van der Waals surface area contributed by atoms with E-state index < -0.39 is 11.6 Å². The number of carbonyl (C=O) groups is 3. The number of amides is 3. The van der Waals surface area contributed by atoms with Crippen molar-refractivity contribution >= 4 is 23.4 Å². The van der Waals surface area contributed by atoms with Crippen LogP contribution in [0.25, 0.3) is 0 Å². The second-order valence-corrected chi connectivity index (χ2v) is 8.42. The number of carbonyl (C=O) groups excluding carboxylic acids is 3. The highest BCUT2D eigenvalue weighted by molar-refractivity contribution is 6.23. The van der Waals surface area contributed by atoms with Crippen LogP contribution in [-0.2, 0) is 9.59 Å². The van der Waals surface area contributed by atoms with Crippen LogP contribution in [0.5, 0.6) is 5.75 Å². The molecule has 1 unspecified atom stereocenters. The first-order chi connectivity index (χ1) is 14.7. The van der Waals surface area contributed by atoms with Crippen molar-refractivity contribution in [2.45, 2.75) is 59.0 Å². The number of aryl methyl sites for hydroxylation is 1. The molecule has 1 aliphatic heterocycles. The molecule has 0 N–H and O–H groups in total. The summed E-state index contributed by atoms with van der Waals surface area (Å²) in [5.74, 6) is -0.263. The summed E-state index contributed by atoms with van der Waals surface area (Å²) < 4.78 is 5.44. The van der Waals surface area contributed by atoms with E-state index >= 15 is 0 Å². The summed E-state index contributed by atoms with van der Waals surface area (Å²) in [4.78, 5) is 42.5. The lowest BCUT2D eigenvalue weighted by Crippen LogP contribution is -2.55. The molecular formula is C25H30N2O4. The van der Waals surface area contributed by atoms with Gasteiger partial charge in [-0.25, -0.2) is 4.90 Å². The van der Waals surface area contributed by atoms with E-state index in [4.69, 9.17) is 4.74 Å². The molecule has 1 aliphatic rings. The van der Waals surface area contributed by atoms with E-state index in [-0.39, 0.29) is 24.1 Å². The van der Waals surface area contributed by atoms with E-state index in [2.05, 4.69) is 0 Å². The Morgan fingerprint density at radius 3 is 2.23 bits per heavy atom. The average molecular weight is 423 g/mol. The zero-order chi connectivity index (χ0) is 22.8. The number of ether oxygens (including phenoxy) is 1. The standard InChI is InChI=1S/C25H30N2O4/c1-6-25(4,5)27(23(29)18-10-8-17(3)9-11-18)21-16-22(28)26(24(21)30)19-12-14-20(15-13-19)31-7-2/h8-15,21H,6-7,16H2,1-5H3. The van der Waals surface area contributed by atoms with Gasteiger partial charge in [0.15, 0.2) is 0 Å². The molecule has 3 amide bonds. The number of benzene rings is 2. The van der Waals surface area contributed by atoms with Gasteiger partial charge in [-0.2, -0.15) is 0 Å². The van der Waals surface area contributed by atoms with Gasteiger partial charge in [0.25, 0.3) is 11.8 Å². The normalized spacial score (nSPS) is 16.5. The Kier molecular flexibility index (Phi) is 6.48. The van der Waals surface area contributed by atoms with Crippen molar-refractivity contribution < 1.29 is 19.1 Å². The van der Waals surface area contributed by atoms with Crippen LogP contribution in [0.1, 0.15) is 56.5 Å². The number of imide groups is 1. The molecule has 0 radical (unpaired) electrons. The van der Waals surface area contributed by atoms with E-state index in [9.17, 15) is 14.4 Å². The van der Waals surface area contributed by atoms with E-state index in [1.807, 2.05) is 46.8 Å². The second kappa shape index (κ2) is 8.92. The van der Waals surface area contributed by atoms with E-state index in [1.165, 1.54) is 4.90 Å². The summed E-state index contributed by atoms with van der Waals surface area (Å²) in [6.07, 6.45) is 0.610. The van der Waals surface area contributed by atoms with Gasteiger partial charge in [-0.1, -0.05) is 24.6 Å². The maximum Gasteiger partial charge on any atom is 0.257 e. The van der Waals surface area contributed by atoms with Crippen molar-refractivity contribution in [3.63, 3.8) is 0 Å². The van der Waals surface area contributed by atoms with Crippen molar-refractivity contribution in [3.8, 4) is 5.75 Å². The van der Waals surface area contributed by atoms with Crippen molar-refractivity contribution in [3.05, 3.63) is 59.7 Å². The van der Waals surface area contributed by atoms with Gasteiger partial charge in [0.1, 0.15) is 11.8 Å². The molecule has 6 heteroatoms. The first-order valence-electron chi connectivity index (χ1n) is 10.7. The molecule has 0 bridgehead atoms. The van der Waals surface area contributed by atoms with Gasteiger partial charge < -0.3 is 9.64 Å². The Morgan fingerprint density at radius 1 is 1.06 bits per heavy atom. The van der Waals surface area contributed by atoms with E-state index in [0.29, 0.717) is 30.0 Å². The van der Waals surface area contributed by atoms with Crippen LogP contribution in [0.4, 0.5) is 5.69 Å². The first kappa shape index (κ1) is 22.5. The number of rotatable bonds is 7. The Bertz CT molecular complexity index is 964. The molecule has 0 saturated carbocycles. The molecule has 1 heterocycles. The van der Waals surface area contributed by atoms with Crippen molar-refractivity contribution in [1.82, 2.24) is 4.90 Å². The predicted octanol–water partition coefficient (Wildman–Crippen LogP) is 4.36. The summed E-state index contributed by atoms with van der Waals surface area (Å²) in [5.41, 5.74) is 1.44. The van der Waals surface area contributed by atoms with Gasteiger partial charge in [0.05, 0.1) is 18.7 Å². The summed E-state index contributed by atoms with van der Waals surface area (Å²) in [5, 5.41) is 0. The molecular weight excluding hydrogens is 392 g/mol. The minimum absolute atomic E-state index is 0.0346. The molecule has 2 aromatic carbocycles. The third-order valence-corrected chi connectivity index (χ3v) is 5.88. The largest absolute Gasteiger partial charge is 0.494 e. The van der Waals surface area contributed by atoms with Crippen molar-refractivity contribution in [2.24, 2.45) is 0 Å². The van der Waals surface area contributed by atoms with Crippen LogP contribution in [-0.4, -0.2) is 40.8 Å². The Hall–Kier alpha value is -3.15. The highest BCUT2D eigenvalue weighted by Crippen LogP contribution is 2.33. The summed E-state index contributed by atoms with van der Waals surface area (Å²) in [6, 6.07) is 13.3. The maximum absolute atomic E-state index is 13.5. The lowest BCUT2D eigenvalue weighted by Gasteiger charge is -2.41. The zero-order valence-corrected chi connectivity index (χ0v) is 18.8. The fourth-order valence-electron chi connectivity index (χ4n) is 3.79. The summed E-state index contributed by atoms with van der Waals surface area (Å²) in [6.45, 7) is 10.2. The molecule has 0 aromatic heterocycles. The lowest BCUT2D eigenvalue weighted by molar-refractivity contribution is -0.123. The third kappa shape index (κ3) is 4.48. The smallest absolute Gasteiger partial charge is 0.257 e. The predicted molar refractivity (Wildman–Crippen MR) is 120 cm³/mol. The third-order valence-electron chi connectivity index (χ3n) is 5.88. The first-order valence-corrected chi connectivity index (χ1v) is 10.7. The minimum Gasteiger partial charge on any atom is -0.494 e. The van der Waals surface area contributed by atoms with E-state index in [1.54, 1.807) is 41.3 Å². The number of anilines is 1. The van der Waals surface area contributed by atoms with Gasteiger partial charge in [0, 0.05) is 11.1 Å². The quantitative estimate of drug-likeness (QED) is 0.622. The van der Waals surface area contributed by atoms with Crippen LogP contribution < -0.4 is 9.64 Å². The van der Waals surface area contributed by atoms with Gasteiger partial charge in [-0.05, 0) is 70.5 Å². The molecule has 164 valence electrons. The van der Waals surface area contributed by atoms with Crippen LogP contribution in [0.3, 0.4) is 0 Å². The van der Waals surface area contributed by atoms with Crippen LogP contribution in [0, 0.1) is 6.92 Å². The second-order valence-electron chi connectivity index (χ2n) is 8.42. The summed E-state index contributed by atoms with van der Waals surface area (Å²) >= 11 is 0. The maximum atomic E-state index is 13.5. The lowest BCUT2D eigenvalue weighted by atomic mass is 9.94. The van der Waals surface area contributed by atoms with Crippen LogP contribution >= 0.6 is 0 Å². The molecule has 1 saturated heterocycles. The number of nitrogens with zero attached hydrogens (tertiary/aromatic N) is 2. The monoisotopic (exact) mass is 422 g/mol. The van der Waals surface area contributed by atoms with Gasteiger partial charge in [-0.3, -0.25) is 14.4 Å². The molecule has 2 aromatic rings. The van der Waals surface area contributed by atoms with Crippen molar-refractivity contribution in [2.75, 3.05) is 11.5 Å². The van der Waals surface area contributed by atoms with Gasteiger partial charge >= 0.3 is 0 Å². The Balaban J connectivity index is 1.94. The van der Waals surface area contributed by atoms with Gasteiger partial charge in [0.2, 0.25) is 5.91 Å². The average Bonchev–Trinajstić information content (AvgIpc) is 3.03. The van der Waals surface area contributed by atoms with Crippen LogP contribution in [0.2, 0.25) is 0 Å². The molecule has 1 atom stereocenters. The Morgan fingerprint density at radius 2 is 1.68 bits per heavy atom. The minimum atomic E-state index is -0.845. The summed E-state index contributed by atoms with van der Waals surface area (Å²) in [7, 11) is 0. The highest BCUT2D eigenvalue weighted by Gasteiger charge is 2.48. The molecule has 0 spiro atoms. The van der Waals surface area contributed by atoms with E-state index in [0.717, 1.165) is 5.56 Å². The van der Waals surface area contributed by atoms with Crippen molar-refractivity contribution in [1.29, 1.82) is 0 Å². The highest BCUT2D eigenvalue weighted by atomic mass is 16.5. The topological polar surface area (TPSA) is 66.9 Å². The molecule has 6 nitrogen and oxygen atoms in total. The zero-order valence-electron chi connectivity index (χ0n) is 18.8. The van der Waals surface area contributed by atoms with Gasteiger partial charge in [-0.15, -0.1) is 0 Å². The Labute approximate surface area is 183 Å². The fraction of sp³-hybridized carbons (Fsp3) is 0.400. The fourth-order valence-corrected chi connectivity index (χ4v) is 3.79. The number of hydrogen-bond donors (Lipinski definition) is 0. The SMILES string of the molecule is CCOc1ccc(N2C(=O)CC(N(C(=O)c3ccc(C)cc3)C(C)(C)CC)C2=O)cc1.